The van der Waals surface area contributed by atoms with Crippen LogP contribution in [-0.4, -0.2) is 6.71 Å². The van der Waals surface area contributed by atoms with Gasteiger partial charge in [0, 0.05) is 44.8 Å². The Labute approximate surface area is 523 Å². The summed E-state index contributed by atoms with van der Waals surface area (Å²) < 4.78 is 0. The second-order valence-corrected chi connectivity index (χ2v) is 32.4. The molecular weight excluding hydrogens is 1050 g/mol. The molecule has 2 nitrogen and oxygen atoms in total. The highest BCUT2D eigenvalue weighted by Crippen LogP contribution is 2.55. The summed E-state index contributed by atoms with van der Waals surface area (Å²) in [5.74, 6) is 0. The molecule has 0 fully saturated rings. The fourth-order valence-electron chi connectivity index (χ4n) is 15.5. The molecular formula is C84H93BN2. The summed E-state index contributed by atoms with van der Waals surface area (Å²) in [6.07, 6.45) is 4.65. The molecule has 2 aliphatic carbocycles. The molecule has 2 heterocycles. The van der Waals surface area contributed by atoms with Crippen LogP contribution in [0.1, 0.15) is 206 Å². The molecule has 87 heavy (non-hydrogen) atoms. The Hall–Kier alpha value is -7.36. The summed E-state index contributed by atoms with van der Waals surface area (Å²) in [5.41, 5.74) is 29.8. The first-order chi connectivity index (χ1) is 40.9. The van der Waals surface area contributed by atoms with Gasteiger partial charge in [-0.3, -0.25) is 0 Å². The molecule has 9 aromatic carbocycles. The van der Waals surface area contributed by atoms with Crippen molar-refractivity contribution in [3.63, 3.8) is 0 Å². The van der Waals surface area contributed by atoms with E-state index in [1.165, 1.54) is 135 Å². The number of benzene rings is 9. The molecule has 0 atom stereocenters. The molecule has 0 amide bonds. The van der Waals surface area contributed by atoms with Crippen molar-refractivity contribution in [1.29, 1.82) is 0 Å². The van der Waals surface area contributed by atoms with Crippen LogP contribution in [-0.2, 0) is 43.3 Å². The lowest BCUT2D eigenvalue weighted by Crippen LogP contribution is -2.62. The molecule has 3 heteroatoms. The van der Waals surface area contributed by atoms with Gasteiger partial charge in [-0.05, 0) is 195 Å². The Kier molecular flexibility index (Phi) is 13.5. The maximum atomic E-state index is 2.74. The molecule has 0 spiro atoms. The van der Waals surface area contributed by atoms with Gasteiger partial charge in [0.1, 0.15) is 0 Å². The number of nitrogens with zero attached hydrogens (tertiary/aromatic N) is 2. The molecule has 13 rings (SSSR count). The highest BCUT2D eigenvalue weighted by Gasteiger charge is 2.48. The molecule has 0 unspecified atom stereocenters. The van der Waals surface area contributed by atoms with Gasteiger partial charge in [-0.1, -0.05) is 264 Å². The van der Waals surface area contributed by atoms with E-state index in [-0.39, 0.29) is 50.0 Å². The first-order valence-corrected chi connectivity index (χ1v) is 32.6. The zero-order valence-electron chi connectivity index (χ0n) is 55.7. The van der Waals surface area contributed by atoms with Crippen LogP contribution in [0, 0.1) is 0 Å². The van der Waals surface area contributed by atoms with E-state index in [0.717, 1.165) is 19.3 Å². The second-order valence-electron chi connectivity index (χ2n) is 32.4. The van der Waals surface area contributed by atoms with Gasteiger partial charge in [0.15, 0.2) is 0 Å². The summed E-state index contributed by atoms with van der Waals surface area (Å²) in [7, 11) is 0. The van der Waals surface area contributed by atoms with Crippen molar-refractivity contribution >= 4 is 57.2 Å². The summed E-state index contributed by atoms with van der Waals surface area (Å²) in [6.45, 7) is 43.6. The third-order valence-corrected chi connectivity index (χ3v) is 22.0. The third-order valence-electron chi connectivity index (χ3n) is 22.0. The summed E-state index contributed by atoms with van der Waals surface area (Å²) >= 11 is 0. The smallest absolute Gasteiger partial charge is 0.252 e. The minimum atomic E-state index is -0.293. The molecule has 0 radical (unpaired) electrons. The number of rotatable bonds is 8. The average Bonchev–Trinajstić information content (AvgIpc) is 0.711. The van der Waals surface area contributed by atoms with Crippen molar-refractivity contribution in [2.75, 3.05) is 9.80 Å². The lowest BCUT2D eigenvalue weighted by molar-refractivity contribution is 0.332. The fraction of sp³-hybridized carbons (Fsp3) is 0.357. The normalized spacial score (nSPS) is 17.2. The van der Waals surface area contributed by atoms with Gasteiger partial charge < -0.3 is 9.80 Å². The number of hydrogen-bond donors (Lipinski definition) is 0. The lowest BCUT2D eigenvalue weighted by Gasteiger charge is -2.48. The van der Waals surface area contributed by atoms with Crippen molar-refractivity contribution < 1.29 is 0 Å². The van der Waals surface area contributed by atoms with Crippen molar-refractivity contribution in [1.82, 2.24) is 0 Å². The van der Waals surface area contributed by atoms with Crippen LogP contribution >= 0.6 is 0 Å². The maximum absolute atomic E-state index is 2.74. The van der Waals surface area contributed by atoms with Crippen LogP contribution in [0.2, 0.25) is 0 Å². The minimum absolute atomic E-state index is 0.00797. The predicted octanol–water partition coefficient (Wildman–Crippen LogP) is 21.0. The molecule has 0 bridgehead atoms. The van der Waals surface area contributed by atoms with Crippen molar-refractivity contribution in [3.8, 4) is 22.3 Å². The van der Waals surface area contributed by atoms with Crippen LogP contribution < -0.4 is 26.2 Å². The van der Waals surface area contributed by atoms with Gasteiger partial charge in [-0.25, -0.2) is 0 Å². The van der Waals surface area contributed by atoms with Crippen LogP contribution in [0.15, 0.2) is 188 Å². The number of fused-ring (bicyclic) bond motifs is 6. The molecule has 2 aliphatic heterocycles. The first-order valence-electron chi connectivity index (χ1n) is 32.6. The van der Waals surface area contributed by atoms with Gasteiger partial charge in [0.25, 0.3) is 6.71 Å². The van der Waals surface area contributed by atoms with E-state index in [2.05, 4.69) is 322 Å². The van der Waals surface area contributed by atoms with Crippen molar-refractivity contribution in [3.05, 3.63) is 244 Å². The Morgan fingerprint density at radius 2 is 0.736 bits per heavy atom. The second kappa shape index (κ2) is 20.1. The zero-order valence-corrected chi connectivity index (χ0v) is 55.7. The van der Waals surface area contributed by atoms with Gasteiger partial charge in [0.2, 0.25) is 0 Å². The van der Waals surface area contributed by atoms with Crippen LogP contribution in [0.3, 0.4) is 0 Å². The predicted molar refractivity (Wildman–Crippen MR) is 376 cm³/mol. The standard InChI is InChI=1S/C84H93BN2/c1-77(2,3)57-35-33-55(34-36-57)54-29-31-56(32-30-54)64-47-60(83(15,16)58-25-21-19-22-26-58)38-42-71(64)87-72-48-61(84(17,18)59-27-23-20-24-28-59)37-41-69(72)85-70-52-67-68(82(13,14)46-45-81(67,11)12)53-73(70)86(74-49-62(78(4,5)6)50-75(87)76(74)85)63-39-40-65-66(51-63)80(9,10)44-43-79(65,7)8/h19-42,47-53H,43-46H2,1-18H3. The van der Waals surface area contributed by atoms with Crippen LogP contribution in [0.25, 0.3) is 22.3 Å². The number of anilines is 6. The molecule has 442 valence electrons. The van der Waals surface area contributed by atoms with Crippen LogP contribution in [0.4, 0.5) is 34.1 Å². The van der Waals surface area contributed by atoms with E-state index in [0.29, 0.717) is 0 Å². The SMILES string of the molecule is CC(C)(C)c1ccc(-c2ccc(-c3cc(C(C)(C)c4ccccc4)ccc3N3c4cc(C(C)(C)c5ccccc5)ccc4B4c5cc6c(cc5N(c5ccc7c(c5)C(C)(C)CCC7(C)C)c5cc(C(C)(C)C)cc3c54)C(C)(C)CCC6(C)C)cc2)cc1. The molecule has 9 aromatic rings. The first kappa shape index (κ1) is 58.7. The van der Waals surface area contributed by atoms with Gasteiger partial charge in [0.05, 0.1) is 5.69 Å². The summed E-state index contributed by atoms with van der Waals surface area (Å²) in [6, 6.07) is 74.2. The van der Waals surface area contributed by atoms with E-state index < -0.39 is 0 Å². The Morgan fingerprint density at radius 3 is 1.28 bits per heavy atom. The molecule has 0 saturated heterocycles. The quantitative estimate of drug-likeness (QED) is 0.140. The van der Waals surface area contributed by atoms with Gasteiger partial charge >= 0.3 is 0 Å². The minimum Gasteiger partial charge on any atom is -0.311 e. The Bertz CT molecular complexity index is 4160. The van der Waals surface area contributed by atoms with E-state index in [1.54, 1.807) is 0 Å². The molecule has 0 N–H and O–H groups in total. The largest absolute Gasteiger partial charge is 0.311 e. The van der Waals surface area contributed by atoms with E-state index in [9.17, 15) is 0 Å². The molecule has 0 aromatic heterocycles. The van der Waals surface area contributed by atoms with Crippen molar-refractivity contribution in [2.24, 2.45) is 0 Å². The summed E-state index contributed by atoms with van der Waals surface area (Å²) in [4.78, 5) is 5.47. The average molecular weight is 1140 g/mol. The third kappa shape index (κ3) is 9.75. The fourth-order valence-corrected chi connectivity index (χ4v) is 15.5. The summed E-state index contributed by atoms with van der Waals surface area (Å²) in [5, 5.41) is 0. The van der Waals surface area contributed by atoms with Gasteiger partial charge in [-0.15, -0.1) is 0 Å². The highest BCUT2D eigenvalue weighted by atomic mass is 15.2. The maximum Gasteiger partial charge on any atom is 0.252 e. The van der Waals surface area contributed by atoms with Crippen molar-refractivity contribution in [2.45, 2.75) is 194 Å². The Morgan fingerprint density at radius 1 is 0.310 bits per heavy atom. The monoisotopic (exact) mass is 1140 g/mol. The van der Waals surface area contributed by atoms with Crippen LogP contribution in [0.5, 0.6) is 0 Å². The Balaban J connectivity index is 1.14. The topological polar surface area (TPSA) is 6.48 Å². The number of hydrogen-bond acceptors (Lipinski definition) is 2. The lowest BCUT2D eigenvalue weighted by atomic mass is 9.33. The highest BCUT2D eigenvalue weighted by molar-refractivity contribution is 7.00. The van der Waals surface area contributed by atoms with E-state index >= 15 is 0 Å². The zero-order chi connectivity index (χ0) is 61.8. The van der Waals surface area contributed by atoms with E-state index in [1.807, 2.05) is 0 Å². The molecule has 4 aliphatic rings. The van der Waals surface area contributed by atoms with Gasteiger partial charge in [-0.2, -0.15) is 0 Å². The van der Waals surface area contributed by atoms with E-state index in [4.69, 9.17) is 0 Å². The molecule has 0 saturated carbocycles.